The summed E-state index contributed by atoms with van der Waals surface area (Å²) in [4.78, 5) is 22.3. The molecule has 4 rings (SSSR count). The lowest BCUT2D eigenvalue weighted by atomic mass is 9.99. The van der Waals surface area contributed by atoms with Gasteiger partial charge in [0, 0.05) is 18.2 Å². The SMILES string of the molecule is COc1cc(-c2[o+]c3cc(O)cc(O)c3cc2O[C@@H]2O[C@H](COC(=O)CC(=O)O)[C@H](O)[C@H](O)[C@H]2O)ccc1O. The molecule has 1 aliphatic rings. The van der Waals surface area contributed by atoms with Crippen LogP contribution in [0, 0.1) is 0 Å². The second kappa shape index (κ2) is 11.2. The molecule has 0 bridgehead atoms. The first-order valence-corrected chi connectivity index (χ1v) is 11.4. The predicted molar refractivity (Wildman–Crippen MR) is 128 cm³/mol. The molecule has 3 aromatic rings. The van der Waals surface area contributed by atoms with E-state index in [-0.39, 0.29) is 51.0 Å². The second-order valence-electron chi connectivity index (χ2n) is 8.59. The van der Waals surface area contributed by atoms with E-state index in [0.29, 0.717) is 0 Å². The standard InChI is InChI=1S/C25H24O14/c1-35-16-4-10(2-3-13(16)27)24-17(7-12-14(28)5-11(26)6-15(12)37-24)38-25-23(34)22(33)21(32)18(39-25)9-36-20(31)8-19(29)30/h2-7,18,21-23,25,32-34H,8-9H2,1H3,(H3-,26,27,28,29,30)/p+1/t18-,21+,22+,23-,25-/m1/s1. The number of aromatic hydroxyl groups is 3. The Kier molecular flexibility index (Phi) is 7.92. The fraction of sp³-hybridized carbons (Fsp3) is 0.320. The Morgan fingerprint density at radius 2 is 1.69 bits per heavy atom. The summed E-state index contributed by atoms with van der Waals surface area (Å²) >= 11 is 0. The van der Waals surface area contributed by atoms with Crippen LogP contribution in [0.25, 0.3) is 22.3 Å². The average Bonchev–Trinajstić information content (AvgIpc) is 2.88. The summed E-state index contributed by atoms with van der Waals surface area (Å²) in [6.45, 7) is -0.666. The summed E-state index contributed by atoms with van der Waals surface area (Å²) < 4.78 is 27.2. The van der Waals surface area contributed by atoms with Crippen molar-refractivity contribution in [2.45, 2.75) is 37.1 Å². The Labute approximate surface area is 219 Å². The lowest BCUT2D eigenvalue weighted by molar-refractivity contribution is -0.278. The maximum atomic E-state index is 11.6. The molecule has 1 aromatic heterocycles. The molecule has 5 atom stereocenters. The molecule has 0 aliphatic carbocycles. The number of aliphatic hydroxyl groups excluding tert-OH is 3. The van der Waals surface area contributed by atoms with Crippen molar-refractivity contribution in [1.29, 1.82) is 0 Å². The van der Waals surface area contributed by atoms with Gasteiger partial charge in [0.15, 0.2) is 11.5 Å². The van der Waals surface area contributed by atoms with Gasteiger partial charge < -0.3 is 54.7 Å². The highest BCUT2D eigenvalue weighted by molar-refractivity contribution is 5.90. The quantitative estimate of drug-likeness (QED) is 0.117. The smallest absolute Gasteiger partial charge is 0.402 e. The number of carbonyl (C=O) groups is 2. The van der Waals surface area contributed by atoms with E-state index >= 15 is 0 Å². The highest BCUT2D eigenvalue weighted by atomic mass is 16.7. The van der Waals surface area contributed by atoms with Crippen LogP contribution < -0.4 is 9.47 Å². The molecule has 0 spiro atoms. The molecule has 2 heterocycles. The van der Waals surface area contributed by atoms with E-state index in [2.05, 4.69) is 0 Å². The van der Waals surface area contributed by atoms with Crippen LogP contribution in [0.2, 0.25) is 0 Å². The van der Waals surface area contributed by atoms with Crippen molar-refractivity contribution in [2.24, 2.45) is 0 Å². The number of rotatable bonds is 8. The number of hydrogen-bond acceptors (Lipinski definition) is 12. The molecule has 1 fully saturated rings. The molecular formula is C25H25O14+. The molecule has 2 aromatic carbocycles. The zero-order chi connectivity index (χ0) is 28.4. The van der Waals surface area contributed by atoms with Gasteiger partial charge in [-0.25, -0.2) is 4.42 Å². The van der Waals surface area contributed by atoms with Gasteiger partial charge in [0.2, 0.25) is 12.0 Å². The molecule has 0 amide bonds. The predicted octanol–water partition coefficient (Wildman–Crippen LogP) is 0.711. The second-order valence-corrected chi connectivity index (χ2v) is 8.59. The summed E-state index contributed by atoms with van der Waals surface area (Å²) in [5.74, 6) is -3.51. The molecule has 7 N–H and O–H groups in total. The van der Waals surface area contributed by atoms with E-state index in [1.54, 1.807) is 0 Å². The van der Waals surface area contributed by atoms with Gasteiger partial charge in [-0.1, -0.05) is 0 Å². The average molecular weight is 549 g/mol. The van der Waals surface area contributed by atoms with Gasteiger partial charge in [0.25, 0.3) is 0 Å². The van der Waals surface area contributed by atoms with E-state index in [1.807, 2.05) is 0 Å². The zero-order valence-corrected chi connectivity index (χ0v) is 20.3. The number of ether oxygens (including phenoxy) is 4. The molecule has 0 radical (unpaired) electrons. The third-order valence-corrected chi connectivity index (χ3v) is 5.87. The highest BCUT2D eigenvalue weighted by Crippen LogP contribution is 2.42. The summed E-state index contributed by atoms with van der Waals surface area (Å²) in [5, 5.41) is 70.2. The van der Waals surface area contributed by atoms with Crippen LogP contribution in [-0.4, -0.2) is 92.1 Å². The molecule has 208 valence electrons. The summed E-state index contributed by atoms with van der Waals surface area (Å²) in [7, 11) is 1.33. The fourth-order valence-electron chi connectivity index (χ4n) is 3.92. The number of phenolic OH excluding ortho intramolecular Hbond substituents is 3. The van der Waals surface area contributed by atoms with E-state index in [9.17, 15) is 40.2 Å². The molecule has 0 saturated carbocycles. The van der Waals surface area contributed by atoms with Crippen LogP contribution in [0.15, 0.2) is 40.8 Å². The lowest BCUT2D eigenvalue weighted by Crippen LogP contribution is -2.60. The molecule has 1 aliphatic heterocycles. The third-order valence-electron chi connectivity index (χ3n) is 5.87. The van der Waals surface area contributed by atoms with E-state index in [0.717, 1.165) is 6.07 Å². The van der Waals surface area contributed by atoms with Crippen LogP contribution in [0.1, 0.15) is 6.42 Å². The largest absolute Gasteiger partial charge is 0.507 e. The Morgan fingerprint density at radius 1 is 0.949 bits per heavy atom. The summed E-state index contributed by atoms with van der Waals surface area (Å²) in [6.07, 6.45) is -9.43. The van der Waals surface area contributed by atoms with Crippen LogP contribution in [0.3, 0.4) is 0 Å². The van der Waals surface area contributed by atoms with Crippen molar-refractivity contribution in [2.75, 3.05) is 13.7 Å². The minimum atomic E-state index is -1.83. The number of fused-ring (bicyclic) bond motifs is 1. The van der Waals surface area contributed by atoms with Crippen LogP contribution in [0.4, 0.5) is 0 Å². The van der Waals surface area contributed by atoms with Gasteiger partial charge in [-0.3, -0.25) is 9.59 Å². The van der Waals surface area contributed by atoms with E-state index in [4.69, 9.17) is 28.5 Å². The Bertz CT molecular complexity index is 1390. The van der Waals surface area contributed by atoms with Gasteiger partial charge >= 0.3 is 23.3 Å². The number of phenols is 3. The molecule has 14 heteroatoms. The number of esters is 1. The normalized spacial score (nSPS) is 22.8. The van der Waals surface area contributed by atoms with Gasteiger partial charge in [-0.05, 0) is 12.1 Å². The van der Waals surface area contributed by atoms with Crippen LogP contribution >= 0.6 is 0 Å². The maximum Gasteiger partial charge on any atom is 0.402 e. The number of benzene rings is 2. The first-order chi connectivity index (χ1) is 18.5. The van der Waals surface area contributed by atoms with E-state index < -0.39 is 55.7 Å². The van der Waals surface area contributed by atoms with Gasteiger partial charge in [0.1, 0.15) is 54.3 Å². The van der Waals surface area contributed by atoms with Gasteiger partial charge in [0.05, 0.1) is 18.7 Å². The minimum absolute atomic E-state index is 0.0330. The van der Waals surface area contributed by atoms with Crippen molar-refractivity contribution in [3.8, 4) is 40.1 Å². The Morgan fingerprint density at radius 3 is 2.38 bits per heavy atom. The van der Waals surface area contributed by atoms with Crippen LogP contribution in [-0.2, 0) is 19.1 Å². The number of carboxylic acid groups (broad SMARTS) is 1. The maximum absolute atomic E-state index is 11.6. The fourth-order valence-corrected chi connectivity index (χ4v) is 3.92. The number of hydrogen-bond donors (Lipinski definition) is 7. The van der Waals surface area contributed by atoms with Gasteiger partial charge in [-0.2, -0.15) is 0 Å². The van der Waals surface area contributed by atoms with Crippen molar-refractivity contribution >= 4 is 22.9 Å². The minimum Gasteiger partial charge on any atom is -0.507 e. The van der Waals surface area contributed by atoms with Crippen molar-refractivity contribution in [3.63, 3.8) is 0 Å². The molecule has 39 heavy (non-hydrogen) atoms. The number of aliphatic carboxylic acids is 1. The van der Waals surface area contributed by atoms with Crippen molar-refractivity contribution < 1.29 is 68.7 Å². The number of carbonyl (C=O) groups excluding carboxylic acids is 1. The molecular weight excluding hydrogens is 524 g/mol. The Hall–Kier alpha value is -4.37. The summed E-state index contributed by atoms with van der Waals surface area (Å²) in [5.41, 5.74) is 0.320. The topological polar surface area (TPSA) is 224 Å². The number of carboxylic acids is 1. The lowest BCUT2D eigenvalue weighted by Gasteiger charge is -2.39. The third kappa shape index (κ3) is 5.88. The number of aliphatic hydroxyl groups is 3. The monoisotopic (exact) mass is 549 g/mol. The first kappa shape index (κ1) is 27.7. The number of methoxy groups -OCH3 is 1. The molecule has 1 saturated heterocycles. The van der Waals surface area contributed by atoms with Crippen molar-refractivity contribution in [1.82, 2.24) is 0 Å². The molecule has 0 unspecified atom stereocenters. The summed E-state index contributed by atoms with van der Waals surface area (Å²) in [6, 6.07) is 7.74. The van der Waals surface area contributed by atoms with Crippen molar-refractivity contribution in [3.05, 3.63) is 36.4 Å². The zero-order valence-electron chi connectivity index (χ0n) is 20.3. The van der Waals surface area contributed by atoms with Gasteiger partial charge in [-0.15, -0.1) is 0 Å². The highest BCUT2D eigenvalue weighted by Gasteiger charge is 2.46. The van der Waals surface area contributed by atoms with E-state index in [1.165, 1.54) is 37.4 Å². The first-order valence-electron chi connectivity index (χ1n) is 11.4. The Balaban J connectivity index is 1.71. The molecule has 14 nitrogen and oxygen atoms in total. The van der Waals surface area contributed by atoms with Crippen LogP contribution in [0.5, 0.6) is 28.7 Å².